The molecule has 0 spiro atoms. The van der Waals surface area contributed by atoms with E-state index in [0.717, 1.165) is 33.2 Å². The van der Waals surface area contributed by atoms with Crippen LogP contribution in [-0.2, 0) is 0 Å². The van der Waals surface area contributed by atoms with Gasteiger partial charge in [-0.25, -0.2) is 0 Å². The third kappa shape index (κ3) is 2.76. The standard InChI is InChI=1S/C32H21NO/c34-30-19-14-23-11-16-27-29(18-13-22-12-17-28(30)32(23)31(22)27)33(25-8-2-1-3-9-25)26-15-10-21-6-4-5-7-24(21)20-26/h1-20,34H. The van der Waals surface area contributed by atoms with E-state index in [9.17, 15) is 5.11 Å². The molecule has 0 bridgehead atoms. The first kappa shape index (κ1) is 19.0. The monoisotopic (exact) mass is 435 g/mol. The van der Waals surface area contributed by atoms with E-state index < -0.39 is 0 Å². The number of phenols is 1. The summed E-state index contributed by atoms with van der Waals surface area (Å²) in [4.78, 5) is 2.33. The van der Waals surface area contributed by atoms with Gasteiger partial charge in [0.05, 0.1) is 5.69 Å². The van der Waals surface area contributed by atoms with Gasteiger partial charge in [-0.05, 0) is 63.3 Å². The molecule has 34 heavy (non-hydrogen) atoms. The summed E-state index contributed by atoms with van der Waals surface area (Å²) >= 11 is 0. The number of rotatable bonds is 3. The van der Waals surface area contributed by atoms with Gasteiger partial charge in [0, 0.05) is 27.5 Å². The molecule has 0 unspecified atom stereocenters. The Morgan fingerprint density at radius 2 is 1.06 bits per heavy atom. The SMILES string of the molecule is Oc1ccc2ccc3c(N(c4ccccc4)c4ccc5ccccc5c4)ccc4ccc1c2c43. The average molecular weight is 436 g/mol. The Balaban J connectivity index is 1.57. The van der Waals surface area contributed by atoms with Gasteiger partial charge in [-0.3, -0.25) is 0 Å². The van der Waals surface area contributed by atoms with Crippen LogP contribution in [0.15, 0.2) is 121 Å². The zero-order chi connectivity index (χ0) is 22.6. The van der Waals surface area contributed by atoms with E-state index in [-0.39, 0.29) is 0 Å². The summed E-state index contributed by atoms with van der Waals surface area (Å²) in [6, 6.07) is 42.3. The minimum absolute atomic E-state index is 0.321. The fourth-order valence-electron chi connectivity index (χ4n) is 5.29. The molecular formula is C32H21NO. The highest BCUT2D eigenvalue weighted by molar-refractivity contribution is 6.26. The molecule has 0 saturated carbocycles. The van der Waals surface area contributed by atoms with Gasteiger partial charge in [0.1, 0.15) is 5.75 Å². The van der Waals surface area contributed by atoms with Crippen molar-refractivity contribution < 1.29 is 5.11 Å². The maximum atomic E-state index is 10.6. The molecule has 0 aromatic heterocycles. The van der Waals surface area contributed by atoms with Crippen LogP contribution < -0.4 is 4.90 Å². The van der Waals surface area contributed by atoms with Crippen molar-refractivity contribution in [3.8, 4) is 5.75 Å². The quantitative estimate of drug-likeness (QED) is 0.280. The maximum Gasteiger partial charge on any atom is 0.123 e. The third-order valence-corrected chi connectivity index (χ3v) is 6.87. The predicted molar refractivity (Wildman–Crippen MR) is 144 cm³/mol. The Hall–Kier alpha value is -4.56. The number of benzene rings is 7. The van der Waals surface area contributed by atoms with Crippen LogP contribution in [0.3, 0.4) is 0 Å². The second kappa shape index (κ2) is 7.23. The number of hydrogen-bond acceptors (Lipinski definition) is 2. The van der Waals surface area contributed by atoms with Gasteiger partial charge in [0.25, 0.3) is 0 Å². The summed E-state index contributed by atoms with van der Waals surface area (Å²) in [5, 5.41) is 19.7. The van der Waals surface area contributed by atoms with Gasteiger partial charge in [-0.2, -0.15) is 0 Å². The molecule has 2 heteroatoms. The molecule has 2 nitrogen and oxygen atoms in total. The molecule has 160 valence electrons. The Morgan fingerprint density at radius 3 is 1.88 bits per heavy atom. The normalized spacial score (nSPS) is 11.6. The van der Waals surface area contributed by atoms with Crippen LogP contribution >= 0.6 is 0 Å². The number of hydrogen-bond donors (Lipinski definition) is 1. The molecule has 0 saturated heterocycles. The van der Waals surface area contributed by atoms with Crippen molar-refractivity contribution in [2.45, 2.75) is 0 Å². The maximum absolute atomic E-state index is 10.6. The van der Waals surface area contributed by atoms with Crippen molar-refractivity contribution in [1.29, 1.82) is 0 Å². The first-order valence-electron chi connectivity index (χ1n) is 11.5. The highest BCUT2D eigenvalue weighted by Crippen LogP contribution is 2.45. The molecule has 0 atom stereocenters. The summed E-state index contributed by atoms with van der Waals surface area (Å²) < 4.78 is 0. The van der Waals surface area contributed by atoms with Crippen LogP contribution in [-0.4, -0.2) is 5.11 Å². The number of phenolic OH excluding ortho intramolecular Hbond substituents is 1. The molecule has 0 aliphatic rings. The Bertz CT molecular complexity index is 1820. The van der Waals surface area contributed by atoms with E-state index >= 15 is 0 Å². The average Bonchev–Trinajstić information content (AvgIpc) is 2.90. The number of fused-ring (bicyclic) bond motifs is 1. The fourth-order valence-corrected chi connectivity index (χ4v) is 5.29. The lowest BCUT2D eigenvalue weighted by atomic mass is 9.92. The fraction of sp³-hybridized carbons (Fsp3) is 0. The summed E-state index contributed by atoms with van der Waals surface area (Å²) in [5.74, 6) is 0.321. The lowest BCUT2D eigenvalue weighted by molar-refractivity contribution is 0.482. The molecule has 7 aromatic carbocycles. The van der Waals surface area contributed by atoms with E-state index in [4.69, 9.17) is 0 Å². The van der Waals surface area contributed by atoms with Crippen LogP contribution in [0.25, 0.3) is 43.1 Å². The van der Waals surface area contributed by atoms with E-state index in [0.29, 0.717) is 5.75 Å². The molecule has 0 fully saturated rings. The van der Waals surface area contributed by atoms with Crippen molar-refractivity contribution in [2.24, 2.45) is 0 Å². The third-order valence-electron chi connectivity index (χ3n) is 6.87. The minimum atomic E-state index is 0.321. The van der Waals surface area contributed by atoms with Gasteiger partial charge < -0.3 is 10.0 Å². The molecule has 1 N–H and O–H groups in total. The number of aromatic hydroxyl groups is 1. The lowest BCUT2D eigenvalue weighted by Crippen LogP contribution is -2.10. The molecule has 0 aliphatic heterocycles. The van der Waals surface area contributed by atoms with Crippen molar-refractivity contribution in [1.82, 2.24) is 0 Å². The Labute approximate surface area is 197 Å². The molecule has 0 amide bonds. The van der Waals surface area contributed by atoms with E-state index in [1.165, 1.54) is 26.9 Å². The van der Waals surface area contributed by atoms with Gasteiger partial charge in [0.2, 0.25) is 0 Å². The summed E-state index contributed by atoms with van der Waals surface area (Å²) in [5.41, 5.74) is 3.34. The number of anilines is 3. The van der Waals surface area contributed by atoms with E-state index in [2.05, 4.69) is 108 Å². The first-order chi connectivity index (χ1) is 16.8. The summed E-state index contributed by atoms with van der Waals surface area (Å²) in [6.07, 6.45) is 0. The van der Waals surface area contributed by atoms with Gasteiger partial charge >= 0.3 is 0 Å². The molecule has 0 aliphatic carbocycles. The smallest absolute Gasteiger partial charge is 0.123 e. The van der Waals surface area contributed by atoms with Gasteiger partial charge in [0.15, 0.2) is 0 Å². The molecule has 7 aromatic rings. The zero-order valence-corrected chi connectivity index (χ0v) is 18.4. The molecule has 0 heterocycles. The second-order valence-electron chi connectivity index (χ2n) is 8.79. The topological polar surface area (TPSA) is 23.5 Å². The Kier molecular flexibility index (Phi) is 4.03. The van der Waals surface area contributed by atoms with E-state index in [1.807, 2.05) is 12.1 Å². The first-order valence-corrected chi connectivity index (χ1v) is 11.5. The van der Waals surface area contributed by atoms with Crippen LogP contribution in [0.1, 0.15) is 0 Å². The summed E-state index contributed by atoms with van der Waals surface area (Å²) in [7, 11) is 0. The highest BCUT2D eigenvalue weighted by Gasteiger charge is 2.19. The second-order valence-corrected chi connectivity index (χ2v) is 8.79. The molecule has 0 radical (unpaired) electrons. The molecule has 7 rings (SSSR count). The van der Waals surface area contributed by atoms with Crippen molar-refractivity contribution in [2.75, 3.05) is 4.90 Å². The van der Waals surface area contributed by atoms with Crippen LogP contribution in [0.2, 0.25) is 0 Å². The van der Waals surface area contributed by atoms with Crippen LogP contribution in [0, 0.1) is 0 Å². The predicted octanol–water partition coefficient (Wildman–Crippen LogP) is 8.91. The minimum Gasteiger partial charge on any atom is -0.507 e. The number of nitrogens with zero attached hydrogens (tertiary/aromatic N) is 1. The zero-order valence-electron chi connectivity index (χ0n) is 18.4. The van der Waals surface area contributed by atoms with Gasteiger partial charge in [-0.15, -0.1) is 0 Å². The molecular weight excluding hydrogens is 414 g/mol. The van der Waals surface area contributed by atoms with Crippen LogP contribution in [0.5, 0.6) is 5.75 Å². The van der Waals surface area contributed by atoms with Crippen molar-refractivity contribution in [3.05, 3.63) is 121 Å². The van der Waals surface area contributed by atoms with E-state index in [1.54, 1.807) is 6.07 Å². The van der Waals surface area contributed by atoms with Crippen LogP contribution in [0.4, 0.5) is 17.1 Å². The lowest BCUT2D eigenvalue weighted by Gasteiger charge is -2.28. The van der Waals surface area contributed by atoms with Crippen molar-refractivity contribution in [3.63, 3.8) is 0 Å². The summed E-state index contributed by atoms with van der Waals surface area (Å²) in [6.45, 7) is 0. The number of para-hydroxylation sites is 1. The van der Waals surface area contributed by atoms with Gasteiger partial charge in [-0.1, -0.05) is 84.9 Å². The Morgan fingerprint density at radius 1 is 0.441 bits per heavy atom. The highest BCUT2D eigenvalue weighted by atomic mass is 16.3. The largest absolute Gasteiger partial charge is 0.507 e. The van der Waals surface area contributed by atoms with Crippen molar-refractivity contribution >= 4 is 60.2 Å².